The monoisotopic (exact) mass is 714 g/mol. The van der Waals surface area contributed by atoms with Crippen molar-refractivity contribution in [3.05, 3.63) is 87.5 Å². The van der Waals surface area contributed by atoms with Crippen molar-refractivity contribution in [2.45, 2.75) is 58.5 Å². The van der Waals surface area contributed by atoms with Crippen LogP contribution < -0.4 is 32.3 Å². The summed E-state index contributed by atoms with van der Waals surface area (Å²) in [6.45, 7) is 5.01. The molecule has 4 aliphatic rings. The van der Waals surface area contributed by atoms with Crippen molar-refractivity contribution in [1.82, 2.24) is 30.6 Å². The molecule has 4 amide bonds. The van der Waals surface area contributed by atoms with Crippen LogP contribution in [-0.4, -0.2) is 66.7 Å². The Kier molecular flexibility index (Phi) is 11.0. The lowest BCUT2D eigenvalue weighted by atomic mass is 10.1. The summed E-state index contributed by atoms with van der Waals surface area (Å²) in [4.78, 5) is 71.0. The number of anilines is 5. The van der Waals surface area contributed by atoms with Crippen molar-refractivity contribution in [1.29, 1.82) is 0 Å². The first kappa shape index (κ1) is 36.1. The van der Waals surface area contributed by atoms with Gasteiger partial charge in [-0.05, 0) is 87.5 Å². The van der Waals surface area contributed by atoms with Gasteiger partial charge in [0.25, 0.3) is 29.6 Å². The van der Waals surface area contributed by atoms with E-state index in [0.29, 0.717) is 56.9 Å². The van der Waals surface area contributed by atoms with Crippen LogP contribution in [0.2, 0.25) is 5.28 Å². The number of nitrogens with two attached hydrogens (primary N) is 1. The molecular formula is C34H35ClN10O6. The number of hydrogen-bond donors (Lipinski definition) is 7. The molecule has 0 saturated heterocycles. The molecule has 2 aliphatic heterocycles. The second-order valence-corrected chi connectivity index (χ2v) is 12.3. The highest BCUT2D eigenvalue weighted by molar-refractivity contribution is 6.28. The van der Waals surface area contributed by atoms with Crippen molar-refractivity contribution < 1.29 is 29.1 Å². The fourth-order valence-corrected chi connectivity index (χ4v) is 4.75. The number of carbonyl (C=O) groups excluding carboxylic acids is 4. The Morgan fingerprint density at radius 3 is 1.78 bits per heavy atom. The molecular weight excluding hydrogens is 680 g/mol. The maximum Gasteiger partial charge on any atom is 0.300 e. The van der Waals surface area contributed by atoms with E-state index in [2.05, 4.69) is 46.5 Å². The molecule has 8 rings (SSSR count). The normalized spacial score (nSPS) is 14.9. The number of imide groups is 2. The lowest BCUT2D eigenvalue weighted by Gasteiger charge is -2.10. The SMILES string of the molecule is CC(=O)O.Cc1cnc(Cl)nc1NC1CC1.Cc1cnc(Nc2ccc3c(c2)C(=O)NC3=O)nc1NC1CC1.Nc1ccc2c(c1)C(=O)NC2=O. The molecule has 0 atom stereocenters. The third-order valence-electron chi connectivity index (χ3n) is 7.50. The lowest BCUT2D eigenvalue weighted by molar-refractivity contribution is -0.134. The number of benzene rings is 2. The second-order valence-electron chi connectivity index (χ2n) is 12.0. The number of amides is 4. The van der Waals surface area contributed by atoms with Gasteiger partial charge >= 0.3 is 0 Å². The van der Waals surface area contributed by atoms with E-state index in [-0.39, 0.29) is 23.6 Å². The number of hydrogen-bond acceptors (Lipinski definition) is 13. The molecule has 17 heteroatoms. The number of carbonyl (C=O) groups is 5. The minimum absolute atomic E-state index is 0.309. The number of aliphatic carboxylic acids is 1. The van der Waals surface area contributed by atoms with Crippen molar-refractivity contribution in [3.63, 3.8) is 0 Å². The lowest BCUT2D eigenvalue weighted by Crippen LogP contribution is -2.19. The van der Waals surface area contributed by atoms with Gasteiger partial charge in [0.1, 0.15) is 11.6 Å². The van der Waals surface area contributed by atoms with Crippen LogP contribution in [0.3, 0.4) is 0 Å². The Labute approximate surface area is 297 Å². The van der Waals surface area contributed by atoms with E-state index < -0.39 is 5.97 Å². The molecule has 8 N–H and O–H groups in total. The summed E-state index contributed by atoms with van der Waals surface area (Å²) < 4.78 is 0. The number of nitrogen functional groups attached to an aromatic ring is 1. The van der Waals surface area contributed by atoms with E-state index in [9.17, 15) is 19.2 Å². The zero-order valence-corrected chi connectivity index (χ0v) is 28.6. The van der Waals surface area contributed by atoms with Crippen molar-refractivity contribution in [2.24, 2.45) is 0 Å². The highest BCUT2D eigenvalue weighted by Gasteiger charge is 2.28. The van der Waals surface area contributed by atoms with Crippen LogP contribution in [0.4, 0.5) is 29.0 Å². The van der Waals surface area contributed by atoms with Crippen LogP contribution in [0, 0.1) is 13.8 Å². The van der Waals surface area contributed by atoms with Gasteiger partial charge in [-0.3, -0.25) is 34.6 Å². The fourth-order valence-electron chi connectivity index (χ4n) is 4.62. The van der Waals surface area contributed by atoms with Gasteiger partial charge in [0.2, 0.25) is 11.2 Å². The Balaban J connectivity index is 0.000000152. The van der Waals surface area contributed by atoms with Gasteiger partial charge in [0.05, 0.1) is 22.3 Å². The Morgan fingerprint density at radius 2 is 1.24 bits per heavy atom. The quantitative estimate of drug-likeness (QED) is 0.0839. The number of halogens is 1. The number of fused-ring (bicyclic) bond motifs is 2. The summed E-state index contributed by atoms with van der Waals surface area (Å²) in [6.07, 6.45) is 8.30. The molecule has 51 heavy (non-hydrogen) atoms. The predicted octanol–water partition coefficient (Wildman–Crippen LogP) is 4.24. The molecule has 2 aliphatic carbocycles. The number of aromatic nitrogens is 4. The molecule has 2 aromatic heterocycles. The van der Waals surface area contributed by atoms with E-state index in [1.54, 1.807) is 42.7 Å². The molecule has 0 unspecified atom stereocenters. The van der Waals surface area contributed by atoms with Gasteiger partial charge in [0.15, 0.2) is 0 Å². The maximum absolute atomic E-state index is 11.7. The van der Waals surface area contributed by atoms with E-state index >= 15 is 0 Å². The van der Waals surface area contributed by atoms with Gasteiger partial charge < -0.3 is 26.8 Å². The predicted molar refractivity (Wildman–Crippen MR) is 189 cm³/mol. The van der Waals surface area contributed by atoms with Gasteiger partial charge in [0, 0.05) is 53.9 Å². The van der Waals surface area contributed by atoms with E-state index in [0.717, 1.165) is 29.7 Å². The molecule has 0 spiro atoms. The number of carboxylic acids is 1. The number of nitrogens with zero attached hydrogens (tertiary/aromatic N) is 4. The van der Waals surface area contributed by atoms with Gasteiger partial charge in [-0.2, -0.15) is 4.98 Å². The molecule has 4 aromatic rings. The van der Waals surface area contributed by atoms with Crippen LogP contribution in [0.25, 0.3) is 0 Å². The van der Waals surface area contributed by atoms with Crippen LogP contribution in [-0.2, 0) is 4.79 Å². The highest BCUT2D eigenvalue weighted by atomic mass is 35.5. The van der Waals surface area contributed by atoms with Crippen LogP contribution in [0.15, 0.2) is 48.8 Å². The Bertz CT molecular complexity index is 2030. The topological polar surface area (TPSA) is 243 Å². The summed E-state index contributed by atoms with van der Waals surface area (Å²) >= 11 is 5.66. The van der Waals surface area contributed by atoms with Crippen molar-refractivity contribution >= 4 is 70.2 Å². The summed E-state index contributed by atoms with van der Waals surface area (Å²) in [6, 6.07) is 10.7. The standard InChI is InChI=1S/C16H15N5O2.C8H10ClN3.C8H6N2O2.C2H4O2/c1-8-7-17-16(20-13(8)18-9-2-3-9)19-10-4-5-11-12(6-10)15(23)21-14(11)22;1-5-4-10-8(9)12-7(5)11-6-2-3-6;9-4-1-2-5-6(3-4)8(12)10-7(5)11;1-2(3)4/h4-7,9H,2-3H2,1H3,(H,21,22,23)(H2,17,18,19,20);4,6H,2-3H2,1H3,(H,10,11,12);1-3H,9H2,(H,10,11,12);1H3,(H,3,4). The van der Waals surface area contributed by atoms with E-state index in [1.165, 1.54) is 31.7 Å². The molecule has 2 aromatic carbocycles. The molecule has 264 valence electrons. The molecule has 2 saturated carbocycles. The van der Waals surface area contributed by atoms with Gasteiger partial charge in [-0.25, -0.2) is 15.0 Å². The summed E-state index contributed by atoms with van der Waals surface area (Å²) in [7, 11) is 0. The van der Waals surface area contributed by atoms with Crippen LogP contribution >= 0.6 is 11.6 Å². The Hall–Kier alpha value is -6.16. The first-order valence-corrected chi connectivity index (χ1v) is 16.2. The summed E-state index contributed by atoms with van der Waals surface area (Å²) in [5.74, 6) is -0.161. The van der Waals surface area contributed by atoms with Gasteiger partial charge in [-0.1, -0.05) is 0 Å². The number of carboxylic acid groups (broad SMARTS) is 1. The number of rotatable bonds is 6. The second kappa shape index (κ2) is 15.6. The fraction of sp³-hybridized carbons (Fsp3) is 0.265. The molecule has 16 nitrogen and oxygen atoms in total. The van der Waals surface area contributed by atoms with Crippen LogP contribution in [0.5, 0.6) is 0 Å². The molecule has 2 fully saturated rings. The smallest absolute Gasteiger partial charge is 0.300 e. The first-order chi connectivity index (χ1) is 24.3. The number of aryl methyl sites for hydroxylation is 2. The molecule has 0 radical (unpaired) electrons. The highest BCUT2D eigenvalue weighted by Crippen LogP contribution is 2.27. The largest absolute Gasteiger partial charge is 0.481 e. The summed E-state index contributed by atoms with van der Waals surface area (Å²) in [5.41, 5.74) is 10.1. The van der Waals surface area contributed by atoms with Crippen molar-refractivity contribution in [3.8, 4) is 0 Å². The van der Waals surface area contributed by atoms with Crippen LogP contribution in [0.1, 0.15) is 85.2 Å². The third-order valence-corrected chi connectivity index (χ3v) is 7.68. The molecule has 0 bridgehead atoms. The summed E-state index contributed by atoms with van der Waals surface area (Å²) in [5, 5.41) is 21.9. The first-order valence-electron chi connectivity index (χ1n) is 15.8. The minimum atomic E-state index is -0.833. The van der Waals surface area contributed by atoms with E-state index in [4.69, 9.17) is 27.2 Å². The maximum atomic E-state index is 11.7. The number of nitrogens with one attached hydrogen (secondary N) is 5. The Morgan fingerprint density at radius 1 is 0.765 bits per heavy atom. The van der Waals surface area contributed by atoms with Crippen molar-refractivity contribution in [2.75, 3.05) is 21.7 Å². The average molecular weight is 715 g/mol. The van der Waals surface area contributed by atoms with E-state index in [1.807, 2.05) is 13.8 Å². The third kappa shape index (κ3) is 9.95. The average Bonchev–Trinajstić information content (AvgIpc) is 4.01. The van der Waals surface area contributed by atoms with Gasteiger partial charge in [-0.15, -0.1) is 0 Å². The molecule has 4 heterocycles. The zero-order valence-electron chi connectivity index (χ0n) is 27.8. The zero-order chi connectivity index (χ0) is 36.8. The minimum Gasteiger partial charge on any atom is -0.481 e.